The van der Waals surface area contributed by atoms with Crippen LogP contribution in [0.2, 0.25) is 0 Å². The van der Waals surface area contributed by atoms with Crippen LogP contribution in [0, 0.1) is 10.1 Å². The van der Waals surface area contributed by atoms with Crippen LogP contribution in [-0.2, 0) is 10.5 Å². The molecule has 1 amide bonds. The third kappa shape index (κ3) is 2.81. The zero-order valence-corrected chi connectivity index (χ0v) is 13.7. The molecule has 0 saturated heterocycles. The topological polar surface area (TPSA) is 85.1 Å². The van der Waals surface area contributed by atoms with Gasteiger partial charge in [0.05, 0.1) is 15.9 Å². The first-order valence-corrected chi connectivity index (χ1v) is 8.78. The summed E-state index contributed by atoms with van der Waals surface area (Å²) < 4.78 is 0. The summed E-state index contributed by atoms with van der Waals surface area (Å²) in [6.45, 7) is 0. The Labute approximate surface area is 136 Å². The lowest BCUT2D eigenvalue weighted by molar-refractivity contribution is -0.384. The van der Waals surface area contributed by atoms with Crippen LogP contribution in [-0.4, -0.2) is 21.1 Å². The lowest BCUT2D eigenvalue weighted by Crippen LogP contribution is -2.11. The van der Waals surface area contributed by atoms with E-state index in [9.17, 15) is 14.9 Å². The van der Waals surface area contributed by atoms with Crippen molar-refractivity contribution >= 4 is 55.8 Å². The second-order valence-corrected chi connectivity index (χ2v) is 6.86. The van der Waals surface area contributed by atoms with E-state index < -0.39 is 4.92 Å². The number of hydrogen-bond acceptors (Lipinski definition) is 6. The largest absolute Gasteiger partial charge is 0.301 e. The molecule has 0 fully saturated rings. The zero-order chi connectivity index (χ0) is 15.0. The SMILES string of the molecule is O=C(CBr)Nc1nc2c(s1)CSc1ccc([N+](=O)[O-])cc1-2. The second kappa shape index (κ2) is 5.74. The van der Waals surface area contributed by atoms with Gasteiger partial charge < -0.3 is 5.32 Å². The van der Waals surface area contributed by atoms with E-state index in [1.807, 2.05) is 0 Å². The van der Waals surface area contributed by atoms with Crippen molar-refractivity contribution in [2.75, 3.05) is 10.6 Å². The number of halogens is 1. The summed E-state index contributed by atoms with van der Waals surface area (Å²) in [5, 5.41) is 14.3. The number of nitrogens with one attached hydrogen (secondary N) is 1. The Bertz CT molecular complexity index is 747. The number of fused-ring (bicyclic) bond motifs is 3. The number of benzene rings is 1. The molecule has 21 heavy (non-hydrogen) atoms. The third-order valence-corrected chi connectivity index (χ3v) is 5.62. The minimum Gasteiger partial charge on any atom is -0.301 e. The van der Waals surface area contributed by atoms with Crippen molar-refractivity contribution in [1.82, 2.24) is 4.98 Å². The molecule has 6 nitrogen and oxygen atoms in total. The Balaban J connectivity index is 2.03. The fourth-order valence-corrected chi connectivity index (χ4v) is 4.19. The molecule has 9 heteroatoms. The molecule has 0 unspecified atom stereocenters. The molecule has 0 radical (unpaired) electrons. The molecule has 2 heterocycles. The number of nitrogens with zero attached hydrogens (tertiary/aromatic N) is 2. The van der Waals surface area contributed by atoms with Gasteiger partial charge in [-0.2, -0.15) is 0 Å². The van der Waals surface area contributed by atoms with Crippen LogP contribution in [0.15, 0.2) is 23.1 Å². The molecule has 0 bridgehead atoms. The minimum atomic E-state index is -0.418. The van der Waals surface area contributed by atoms with E-state index in [1.165, 1.54) is 23.5 Å². The molecule has 1 aromatic heterocycles. The average Bonchev–Trinajstić information content (AvgIpc) is 2.89. The number of carbonyl (C=O) groups excluding carboxylic acids is 1. The maximum atomic E-state index is 11.4. The lowest BCUT2D eigenvalue weighted by atomic mass is 10.1. The molecular weight excluding hydrogens is 378 g/mol. The van der Waals surface area contributed by atoms with Crippen molar-refractivity contribution in [2.45, 2.75) is 10.6 Å². The van der Waals surface area contributed by atoms with Gasteiger partial charge >= 0.3 is 0 Å². The summed E-state index contributed by atoms with van der Waals surface area (Å²) in [4.78, 5) is 28.3. The van der Waals surface area contributed by atoms with Gasteiger partial charge in [0.25, 0.3) is 5.69 Å². The summed E-state index contributed by atoms with van der Waals surface area (Å²) >= 11 is 6.10. The van der Waals surface area contributed by atoms with Crippen molar-refractivity contribution in [1.29, 1.82) is 0 Å². The van der Waals surface area contributed by atoms with Crippen molar-refractivity contribution in [3.8, 4) is 11.3 Å². The van der Waals surface area contributed by atoms with Crippen molar-refractivity contribution < 1.29 is 9.72 Å². The summed E-state index contributed by atoms with van der Waals surface area (Å²) in [7, 11) is 0. The second-order valence-electron chi connectivity index (χ2n) is 4.20. The Morgan fingerprint density at radius 1 is 1.52 bits per heavy atom. The molecule has 1 aliphatic rings. The smallest absolute Gasteiger partial charge is 0.270 e. The molecule has 0 atom stereocenters. The number of nitro benzene ring substituents is 1. The van der Waals surface area contributed by atoms with Crippen LogP contribution in [0.25, 0.3) is 11.3 Å². The van der Waals surface area contributed by atoms with Crippen LogP contribution < -0.4 is 5.32 Å². The molecule has 108 valence electrons. The van der Waals surface area contributed by atoms with Crippen LogP contribution in [0.3, 0.4) is 0 Å². The number of nitro groups is 1. The first kappa shape index (κ1) is 14.5. The maximum absolute atomic E-state index is 11.4. The Kier molecular flexibility index (Phi) is 3.96. The van der Waals surface area contributed by atoms with Gasteiger partial charge in [0, 0.05) is 33.2 Å². The number of carbonyl (C=O) groups is 1. The highest BCUT2D eigenvalue weighted by Crippen LogP contribution is 2.45. The van der Waals surface area contributed by atoms with Crippen LogP contribution >= 0.6 is 39.0 Å². The van der Waals surface area contributed by atoms with Gasteiger partial charge in [-0.05, 0) is 6.07 Å². The van der Waals surface area contributed by atoms with Gasteiger partial charge in [-0.15, -0.1) is 23.1 Å². The molecule has 0 aliphatic carbocycles. The molecule has 1 aliphatic heterocycles. The number of thiazole rings is 1. The average molecular weight is 386 g/mol. The molecule has 1 N–H and O–H groups in total. The Morgan fingerprint density at radius 3 is 3.05 bits per heavy atom. The Morgan fingerprint density at radius 2 is 2.33 bits per heavy atom. The highest BCUT2D eigenvalue weighted by molar-refractivity contribution is 9.09. The van der Waals surface area contributed by atoms with Crippen molar-refractivity contribution in [2.24, 2.45) is 0 Å². The van der Waals surface area contributed by atoms with Gasteiger partial charge in [0.2, 0.25) is 5.91 Å². The number of alkyl halides is 1. The predicted octanol–water partition coefficient (Wildman–Crippen LogP) is 3.66. The molecule has 2 aromatic rings. The van der Waals surface area contributed by atoms with Crippen molar-refractivity contribution in [3.63, 3.8) is 0 Å². The first-order chi connectivity index (χ1) is 10.1. The van der Waals surface area contributed by atoms with E-state index in [2.05, 4.69) is 26.2 Å². The summed E-state index contributed by atoms with van der Waals surface area (Å²) in [5.41, 5.74) is 1.52. The van der Waals surface area contributed by atoms with E-state index in [0.29, 0.717) is 5.13 Å². The number of rotatable bonds is 3. The number of aromatic nitrogens is 1. The molecule has 3 rings (SSSR count). The van der Waals surface area contributed by atoms with Gasteiger partial charge in [0.15, 0.2) is 5.13 Å². The normalized spacial score (nSPS) is 12.4. The van der Waals surface area contributed by atoms with Gasteiger partial charge in [0.1, 0.15) is 0 Å². The molecule has 1 aromatic carbocycles. The number of hydrogen-bond donors (Lipinski definition) is 1. The Hall–Kier alpha value is -1.45. The van der Waals surface area contributed by atoms with E-state index in [4.69, 9.17) is 0 Å². The summed E-state index contributed by atoms with van der Waals surface area (Å²) in [6, 6.07) is 4.78. The molecular formula is C12H8BrN3O3S2. The summed E-state index contributed by atoms with van der Waals surface area (Å²) in [6.07, 6.45) is 0. The van der Waals surface area contributed by atoms with Crippen LogP contribution in [0.1, 0.15) is 4.88 Å². The third-order valence-electron chi connectivity index (χ3n) is 2.85. The number of thioether (sulfide) groups is 1. The fraction of sp³-hybridized carbons (Fsp3) is 0.167. The lowest BCUT2D eigenvalue weighted by Gasteiger charge is -2.13. The first-order valence-electron chi connectivity index (χ1n) is 5.85. The van der Waals surface area contributed by atoms with E-state index in [0.717, 1.165) is 26.8 Å². The van der Waals surface area contributed by atoms with Crippen LogP contribution in [0.4, 0.5) is 10.8 Å². The van der Waals surface area contributed by atoms with E-state index in [1.54, 1.807) is 17.8 Å². The van der Waals surface area contributed by atoms with E-state index in [-0.39, 0.29) is 16.9 Å². The van der Waals surface area contributed by atoms with Crippen LogP contribution in [0.5, 0.6) is 0 Å². The molecule has 0 spiro atoms. The van der Waals surface area contributed by atoms with E-state index >= 15 is 0 Å². The quantitative estimate of drug-likeness (QED) is 0.494. The van der Waals surface area contributed by atoms with Crippen molar-refractivity contribution in [3.05, 3.63) is 33.2 Å². The highest BCUT2D eigenvalue weighted by atomic mass is 79.9. The minimum absolute atomic E-state index is 0.0428. The van der Waals surface area contributed by atoms with Gasteiger partial charge in [-0.25, -0.2) is 4.98 Å². The summed E-state index contributed by atoms with van der Waals surface area (Å²) in [5.74, 6) is 0.579. The molecule has 0 saturated carbocycles. The number of amides is 1. The predicted molar refractivity (Wildman–Crippen MR) is 86.2 cm³/mol. The zero-order valence-electron chi connectivity index (χ0n) is 10.5. The van der Waals surface area contributed by atoms with Gasteiger partial charge in [-0.3, -0.25) is 14.9 Å². The number of non-ortho nitro benzene ring substituents is 1. The highest BCUT2D eigenvalue weighted by Gasteiger charge is 2.24. The van der Waals surface area contributed by atoms with Gasteiger partial charge in [-0.1, -0.05) is 15.9 Å². The standard InChI is InChI=1S/C12H8BrN3O3S2/c13-4-10(17)14-12-15-11-7-3-6(16(18)19)1-2-8(7)20-5-9(11)21-12/h1-3H,4-5H2,(H,14,15,17). The number of anilines is 1. The fourth-order valence-electron chi connectivity index (χ4n) is 1.95. The monoisotopic (exact) mass is 385 g/mol. The maximum Gasteiger partial charge on any atom is 0.270 e.